The Morgan fingerprint density at radius 3 is 2.45 bits per heavy atom. The minimum Gasteiger partial charge on any atom is -0.494 e. The van der Waals surface area contributed by atoms with Gasteiger partial charge in [0.1, 0.15) is 17.3 Å². The number of hydrogen-bond acceptors (Lipinski definition) is 4. The zero-order valence-electron chi connectivity index (χ0n) is 12.4. The number of ether oxygens (including phenoxy) is 2. The fourth-order valence-electron chi connectivity index (χ4n) is 1.79. The van der Waals surface area contributed by atoms with Gasteiger partial charge in [-0.2, -0.15) is 0 Å². The molecule has 0 saturated carbocycles. The molecule has 0 unspecified atom stereocenters. The highest BCUT2D eigenvalue weighted by Gasteiger charge is 2.07. The van der Waals surface area contributed by atoms with E-state index in [0.29, 0.717) is 18.2 Å². The van der Waals surface area contributed by atoms with Crippen LogP contribution in [0.2, 0.25) is 0 Å². The number of nitrogens with zero attached hydrogens (tertiary/aromatic N) is 1. The van der Waals surface area contributed by atoms with E-state index in [1.165, 1.54) is 0 Å². The first kappa shape index (κ1) is 16.3. The Morgan fingerprint density at radius 1 is 1.23 bits per heavy atom. The van der Waals surface area contributed by atoms with Crippen LogP contribution in [0.3, 0.4) is 0 Å². The van der Waals surface area contributed by atoms with E-state index in [0.717, 1.165) is 15.8 Å². The Hall–Kier alpha value is -2.08. The SMILES string of the molecule is CCOc1ccc(OCC(=O)Nc2ncc(Br)cc2C)cc1. The molecule has 0 aliphatic heterocycles. The summed E-state index contributed by atoms with van der Waals surface area (Å²) in [6.45, 7) is 4.33. The number of benzene rings is 1. The number of pyridine rings is 1. The smallest absolute Gasteiger partial charge is 0.263 e. The van der Waals surface area contributed by atoms with Crippen LogP contribution in [-0.4, -0.2) is 24.1 Å². The van der Waals surface area contributed by atoms with Crippen molar-refractivity contribution in [1.29, 1.82) is 0 Å². The third kappa shape index (κ3) is 4.73. The average molecular weight is 365 g/mol. The van der Waals surface area contributed by atoms with E-state index in [2.05, 4.69) is 26.2 Å². The first-order valence-electron chi connectivity index (χ1n) is 6.86. The zero-order chi connectivity index (χ0) is 15.9. The highest BCUT2D eigenvalue weighted by atomic mass is 79.9. The van der Waals surface area contributed by atoms with Gasteiger partial charge in [0.05, 0.1) is 6.61 Å². The van der Waals surface area contributed by atoms with Crippen molar-refractivity contribution in [2.24, 2.45) is 0 Å². The summed E-state index contributed by atoms with van der Waals surface area (Å²) in [7, 11) is 0. The molecule has 0 aliphatic rings. The largest absolute Gasteiger partial charge is 0.494 e. The maximum Gasteiger partial charge on any atom is 0.263 e. The van der Waals surface area contributed by atoms with Crippen molar-refractivity contribution in [3.05, 3.63) is 46.6 Å². The van der Waals surface area contributed by atoms with Gasteiger partial charge in [-0.25, -0.2) is 4.98 Å². The van der Waals surface area contributed by atoms with Gasteiger partial charge in [-0.1, -0.05) is 0 Å². The number of nitrogens with one attached hydrogen (secondary N) is 1. The summed E-state index contributed by atoms with van der Waals surface area (Å²) in [5.74, 6) is 1.66. The lowest BCUT2D eigenvalue weighted by molar-refractivity contribution is -0.118. The van der Waals surface area contributed by atoms with Gasteiger partial charge in [0.25, 0.3) is 5.91 Å². The summed E-state index contributed by atoms with van der Waals surface area (Å²) in [5, 5.41) is 2.72. The van der Waals surface area contributed by atoms with Crippen molar-refractivity contribution in [3.8, 4) is 11.5 Å². The molecular formula is C16H17BrN2O3. The minimum absolute atomic E-state index is 0.0782. The van der Waals surface area contributed by atoms with Gasteiger partial charge in [0, 0.05) is 10.7 Å². The summed E-state index contributed by atoms with van der Waals surface area (Å²) in [6.07, 6.45) is 1.63. The lowest BCUT2D eigenvalue weighted by Crippen LogP contribution is -2.21. The Labute approximate surface area is 137 Å². The number of carbonyl (C=O) groups excluding carboxylic acids is 1. The molecule has 1 heterocycles. The van der Waals surface area contributed by atoms with Gasteiger partial charge in [-0.05, 0) is 65.7 Å². The van der Waals surface area contributed by atoms with Crippen LogP contribution in [0.25, 0.3) is 0 Å². The lowest BCUT2D eigenvalue weighted by Gasteiger charge is -2.09. The number of halogens is 1. The number of aromatic nitrogens is 1. The Morgan fingerprint density at radius 2 is 1.86 bits per heavy atom. The predicted molar refractivity (Wildman–Crippen MR) is 88.4 cm³/mol. The van der Waals surface area contributed by atoms with E-state index < -0.39 is 0 Å². The maximum absolute atomic E-state index is 11.9. The number of aryl methyl sites for hydroxylation is 1. The molecule has 1 aromatic heterocycles. The summed E-state index contributed by atoms with van der Waals surface area (Å²) >= 11 is 3.33. The van der Waals surface area contributed by atoms with Crippen LogP contribution in [0.15, 0.2) is 41.0 Å². The fraction of sp³-hybridized carbons (Fsp3) is 0.250. The van der Waals surface area contributed by atoms with Crippen molar-refractivity contribution < 1.29 is 14.3 Å². The van der Waals surface area contributed by atoms with Crippen LogP contribution in [0.1, 0.15) is 12.5 Å². The predicted octanol–water partition coefficient (Wildman–Crippen LogP) is 3.57. The highest BCUT2D eigenvalue weighted by molar-refractivity contribution is 9.10. The molecule has 0 aliphatic carbocycles. The number of hydrogen-bond donors (Lipinski definition) is 1. The molecule has 0 spiro atoms. The zero-order valence-corrected chi connectivity index (χ0v) is 14.0. The average Bonchev–Trinajstić information content (AvgIpc) is 2.50. The molecule has 0 bridgehead atoms. The fourth-order valence-corrected chi connectivity index (χ4v) is 2.23. The standard InChI is InChI=1S/C16H17BrN2O3/c1-3-21-13-4-6-14(7-5-13)22-10-15(20)19-16-11(2)8-12(17)9-18-16/h4-9H,3,10H2,1-2H3,(H,18,19,20). The van der Waals surface area contributed by atoms with Crippen LogP contribution in [0, 0.1) is 6.92 Å². The molecule has 116 valence electrons. The third-order valence-electron chi connectivity index (χ3n) is 2.81. The van der Waals surface area contributed by atoms with Gasteiger partial charge in [-0.15, -0.1) is 0 Å². The van der Waals surface area contributed by atoms with Crippen molar-refractivity contribution >= 4 is 27.7 Å². The molecule has 0 radical (unpaired) electrons. The summed E-state index contributed by atoms with van der Waals surface area (Å²) in [4.78, 5) is 16.0. The molecule has 0 atom stereocenters. The summed E-state index contributed by atoms with van der Waals surface area (Å²) < 4.78 is 11.6. The van der Waals surface area contributed by atoms with E-state index in [1.807, 2.05) is 19.9 Å². The molecule has 1 aromatic carbocycles. The van der Waals surface area contributed by atoms with E-state index in [1.54, 1.807) is 30.5 Å². The van der Waals surface area contributed by atoms with Gasteiger partial charge in [0.15, 0.2) is 6.61 Å². The molecular weight excluding hydrogens is 348 g/mol. The van der Waals surface area contributed by atoms with Crippen molar-refractivity contribution in [3.63, 3.8) is 0 Å². The van der Waals surface area contributed by atoms with Crippen LogP contribution in [0.5, 0.6) is 11.5 Å². The van der Waals surface area contributed by atoms with Gasteiger partial charge < -0.3 is 14.8 Å². The second-order valence-electron chi connectivity index (χ2n) is 4.56. The molecule has 22 heavy (non-hydrogen) atoms. The molecule has 2 rings (SSSR count). The summed E-state index contributed by atoms with van der Waals surface area (Å²) in [5.41, 5.74) is 0.879. The van der Waals surface area contributed by atoms with Crippen molar-refractivity contribution in [1.82, 2.24) is 4.98 Å². The van der Waals surface area contributed by atoms with Gasteiger partial charge in [-0.3, -0.25) is 4.79 Å². The first-order valence-corrected chi connectivity index (χ1v) is 7.65. The van der Waals surface area contributed by atoms with Crippen molar-refractivity contribution in [2.45, 2.75) is 13.8 Å². The first-order chi connectivity index (χ1) is 10.6. The maximum atomic E-state index is 11.9. The second-order valence-corrected chi connectivity index (χ2v) is 5.48. The lowest BCUT2D eigenvalue weighted by atomic mass is 10.3. The third-order valence-corrected chi connectivity index (χ3v) is 3.24. The van der Waals surface area contributed by atoms with Crippen LogP contribution in [-0.2, 0) is 4.79 Å². The molecule has 6 heteroatoms. The molecule has 1 N–H and O–H groups in total. The minimum atomic E-state index is -0.258. The van der Waals surface area contributed by atoms with E-state index in [-0.39, 0.29) is 12.5 Å². The topological polar surface area (TPSA) is 60.5 Å². The van der Waals surface area contributed by atoms with Gasteiger partial charge >= 0.3 is 0 Å². The quantitative estimate of drug-likeness (QED) is 0.850. The molecule has 5 nitrogen and oxygen atoms in total. The normalized spacial score (nSPS) is 10.1. The Kier molecular flexibility index (Phi) is 5.77. The van der Waals surface area contributed by atoms with Gasteiger partial charge in [0.2, 0.25) is 0 Å². The monoisotopic (exact) mass is 364 g/mol. The second kappa shape index (κ2) is 7.79. The number of carbonyl (C=O) groups is 1. The number of rotatable bonds is 6. The van der Waals surface area contributed by atoms with Crippen LogP contribution >= 0.6 is 15.9 Å². The molecule has 0 saturated heterocycles. The summed E-state index contributed by atoms with van der Waals surface area (Å²) in [6, 6.07) is 9.02. The molecule has 0 fully saturated rings. The van der Waals surface area contributed by atoms with Crippen molar-refractivity contribution in [2.75, 3.05) is 18.5 Å². The number of anilines is 1. The van der Waals surface area contributed by atoms with E-state index in [9.17, 15) is 4.79 Å². The number of amides is 1. The van der Waals surface area contributed by atoms with Crippen LogP contribution in [0.4, 0.5) is 5.82 Å². The van der Waals surface area contributed by atoms with Crippen LogP contribution < -0.4 is 14.8 Å². The molecule has 1 amide bonds. The highest BCUT2D eigenvalue weighted by Crippen LogP contribution is 2.18. The van der Waals surface area contributed by atoms with E-state index in [4.69, 9.17) is 9.47 Å². The Balaban J connectivity index is 1.87. The Bertz CT molecular complexity index is 644. The van der Waals surface area contributed by atoms with E-state index >= 15 is 0 Å². The molecule has 2 aromatic rings.